The Bertz CT molecular complexity index is 1520. The second kappa shape index (κ2) is 18.9. The molecule has 0 aliphatic carbocycles. The van der Waals surface area contributed by atoms with Gasteiger partial charge in [-0.2, -0.15) is 13.2 Å². The summed E-state index contributed by atoms with van der Waals surface area (Å²) in [5.41, 5.74) is 0.648. The number of carbonyl (C=O) groups is 7. The molecule has 0 spiro atoms. The summed E-state index contributed by atoms with van der Waals surface area (Å²) in [6, 6.07) is 7.31. The van der Waals surface area contributed by atoms with Crippen LogP contribution < -0.4 is 26.6 Å². The van der Waals surface area contributed by atoms with Crippen LogP contribution in [0, 0.1) is 5.92 Å². The predicted molar refractivity (Wildman–Crippen MR) is 171 cm³/mol. The Morgan fingerprint density at radius 1 is 0.740 bits per heavy atom. The van der Waals surface area contributed by atoms with Crippen molar-refractivity contribution in [3.8, 4) is 5.75 Å². The first-order chi connectivity index (χ1) is 23.4. The summed E-state index contributed by atoms with van der Waals surface area (Å²) in [4.78, 5) is 87.8. The number of benzene rings is 2. The third-order valence-corrected chi connectivity index (χ3v) is 7.13. The van der Waals surface area contributed by atoms with Crippen molar-refractivity contribution in [2.45, 2.75) is 76.8 Å². The lowest BCUT2D eigenvalue weighted by Crippen LogP contribution is -2.56. The SMILES string of the molecule is CC(C)C[C@H](NC(=O)CNC(=O)[C@H](Cc1ccc(O)cc1)NC(=O)[C@H](CCC(=O)O)NC(=O)c1ccccc1)C(=O)N[C@@H](C)C(=O)C(F)(F)F. The number of phenolic OH excluding ortho intramolecular Hbond substituents is 1. The lowest BCUT2D eigenvalue weighted by atomic mass is 10.0. The van der Waals surface area contributed by atoms with Gasteiger partial charge in [0.15, 0.2) is 0 Å². The smallest absolute Gasteiger partial charge is 0.452 e. The number of carboxylic acids is 1. The highest BCUT2D eigenvalue weighted by Crippen LogP contribution is 2.18. The molecule has 0 aliphatic rings. The zero-order valence-electron chi connectivity index (χ0n) is 27.5. The second-order valence-corrected chi connectivity index (χ2v) is 11.8. The topological polar surface area (TPSA) is 220 Å². The molecule has 0 heterocycles. The summed E-state index contributed by atoms with van der Waals surface area (Å²) in [5.74, 6) is -8.18. The van der Waals surface area contributed by atoms with Gasteiger partial charge in [0, 0.05) is 18.4 Å². The molecule has 2 aromatic rings. The van der Waals surface area contributed by atoms with Crippen LogP contribution in [-0.2, 0) is 35.2 Å². The first kappa shape index (κ1) is 40.7. The van der Waals surface area contributed by atoms with Crippen LogP contribution >= 0.6 is 0 Å². The largest absolute Gasteiger partial charge is 0.508 e. The highest BCUT2D eigenvalue weighted by molar-refractivity contribution is 5.99. The number of alkyl halides is 3. The number of carbonyl (C=O) groups excluding carboxylic acids is 6. The van der Waals surface area contributed by atoms with Gasteiger partial charge in [-0.25, -0.2) is 0 Å². The van der Waals surface area contributed by atoms with Crippen molar-refractivity contribution in [1.82, 2.24) is 26.6 Å². The van der Waals surface area contributed by atoms with Gasteiger partial charge in [0.05, 0.1) is 12.6 Å². The van der Waals surface area contributed by atoms with E-state index in [-0.39, 0.29) is 36.5 Å². The van der Waals surface area contributed by atoms with E-state index in [0.29, 0.717) is 5.56 Å². The predicted octanol–water partition coefficient (Wildman–Crippen LogP) is 1.37. The number of amides is 5. The number of hydrogen-bond donors (Lipinski definition) is 7. The molecule has 0 aromatic heterocycles. The van der Waals surface area contributed by atoms with E-state index in [1.807, 2.05) is 5.32 Å². The number of carboxylic acid groups (broad SMARTS) is 1. The van der Waals surface area contributed by atoms with Gasteiger partial charge in [0.1, 0.15) is 23.9 Å². The molecular weight excluding hydrogens is 667 g/mol. The van der Waals surface area contributed by atoms with Crippen molar-refractivity contribution in [3.63, 3.8) is 0 Å². The van der Waals surface area contributed by atoms with Crippen molar-refractivity contribution < 1.29 is 56.9 Å². The second-order valence-electron chi connectivity index (χ2n) is 11.8. The quantitative estimate of drug-likeness (QED) is 0.119. The fourth-order valence-electron chi connectivity index (χ4n) is 4.58. The number of phenols is 1. The minimum absolute atomic E-state index is 0.0234. The number of rotatable bonds is 18. The average molecular weight is 708 g/mol. The normalized spacial score (nSPS) is 13.6. The minimum Gasteiger partial charge on any atom is -0.508 e. The third-order valence-electron chi connectivity index (χ3n) is 7.13. The van der Waals surface area contributed by atoms with Crippen LogP contribution in [0.5, 0.6) is 5.75 Å². The molecule has 0 fully saturated rings. The number of nitrogens with one attached hydrogen (secondary N) is 5. The van der Waals surface area contributed by atoms with Gasteiger partial charge < -0.3 is 36.8 Å². The zero-order valence-corrected chi connectivity index (χ0v) is 27.5. The Labute approximate surface area is 285 Å². The summed E-state index contributed by atoms with van der Waals surface area (Å²) < 4.78 is 38.4. The minimum atomic E-state index is -5.19. The van der Waals surface area contributed by atoms with E-state index in [1.165, 1.54) is 36.4 Å². The molecule has 0 saturated carbocycles. The summed E-state index contributed by atoms with van der Waals surface area (Å²) in [6.45, 7) is 3.47. The molecule has 2 aromatic carbocycles. The van der Waals surface area contributed by atoms with Gasteiger partial charge in [-0.3, -0.25) is 33.6 Å². The summed E-state index contributed by atoms with van der Waals surface area (Å²) >= 11 is 0. The molecule has 50 heavy (non-hydrogen) atoms. The van der Waals surface area contributed by atoms with Gasteiger partial charge in [0.25, 0.3) is 11.7 Å². The Morgan fingerprint density at radius 2 is 1.34 bits per heavy atom. The van der Waals surface area contributed by atoms with E-state index in [4.69, 9.17) is 0 Å². The summed E-state index contributed by atoms with van der Waals surface area (Å²) in [7, 11) is 0. The molecule has 2 rings (SSSR count). The van der Waals surface area contributed by atoms with E-state index in [9.17, 15) is 56.9 Å². The highest BCUT2D eigenvalue weighted by Gasteiger charge is 2.42. The van der Waals surface area contributed by atoms with Crippen LogP contribution in [0.1, 0.15) is 56.0 Å². The van der Waals surface area contributed by atoms with E-state index in [0.717, 1.165) is 6.92 Å². The Kier molecular flexibility index (Phi) is 15.4. The lowest BCUT2D eigenvalue weighted by Gasteiger charge is -2.24. The van der Waals surface area contributed by atoms with Gasteiger partial charge in [-0.1, -0.05) is 44.2 Å². The number of ketones is 1. The number of hydrogen-bond acceptors (Lipinski definition) is 8. The number of halogens is 3. The van der Waals surface area contributed by atoms with Crippen molar-refractivity contribution >= 4 is 41.3 Å². The Hall–Kier alpha value is -5.48. The molecule has 0 aliphatic heterocycles. The molecule has 4 atom stereocenters. The fourth-order valence-corrected chi connectivity index (χ4v) is 4.58. The monoisotopic (exact) mass is 707 g/mol. The first-order valence-corrected chi connectivity index (χ1v) is 15.5. The van der Waals surface area contributed by atoms with E-state index < -0.39 is 84.6 Å². The van der Waals surface area contributed by atoms with E-state index in [2.05, 4.69) is 21.3 Å². The van der Waals surface area contributed by atoms with Gasteiger partial charge in [-0.05, 0) is 55.5 Å². The van der Waals surface area contributed by atoms with Crippen molar-refractivity contribution in [1.29, 1.82) is 0 Å². The molecule has 0 bridgehead atoms. The number of aromatic hydroxyl groups is 1. The third kappa shape index (κ3) is 13.9. The maximum atomic E-state index is 13.4. The Morgan fingerprint density at radius 3 is 1.90 bits per heavy atom. The van der Waals surface area contributed by atoms with Crippen LogP contribution in [0.4, 0.5) is 13.2 Å². The molecule has 7 N–H and O–H groups in total. The zero-order chi connectivity index (χ0) is 37.6. The highest BCUT2D eigenvalue weighted by atomic mass is 19.4. The fraction of sp³-hybridized carbons (Fsp3) is 0.424. The van der Waals surface area contributed by atoms with Gasteiger partial charge >= 0.3 is 12.1 Å². The van der Waals surface area contributed by atoms with Gasteiger partial charge in [-0.15, -0.1) is 0 Å². The molecule has 0 radical (unpaired) electrons. The first-order valence-electron chi connectivity index (χ1n) is 15.5. The standard InChI is InChI=1S/C33H40F3N5O9/c1-18(2)15-24(32(50)38-19(3)28(46)33(34,35)36)39-26(43)17-37-30(48)25(16-20-9-11-22(42)12-10-20)41-31(49)23(13-14-27(44)45)40-29(47)21-7-5-4-6-8-21/h4-12,18-19,23-25,42H,13-17H2,1-3H3,(H,37,48)(H,38,50)(H,39,43)(H,40,47)(H,41,49)(H,44,45)/t19-,23-,24-,25-/m0/s1. The maximum Gasteiger partial charge on any atom is 0.452 e. The molecular formula is C33H40F3N5O9. The van der Waals surface area contributed by atoms with E-state index >= 15 is 0 Å². The van der Waals surface area contributed by atoms with Crippen LogP contribution in [0.15, 0.2) is 54.6 Å². The van der Waals surface area contributed by atoms with Crippen molar-refractivity contribution in [2.75, 3.05) is 6.54 Å². The molecule has 272 valence electrons. The van der Waals surface area contributed by atoms with Crippen LogP contribution in [-0.4, -0.2) is 88.4 Å². The Balaban J connectivity index is 2.20. The maximum absolute atomic E-state index is 13.4. The number of Topliss-reactive ketones (excluding diaryl/α,β-unsaturated/α-hetero) is 1. The molecule has 0 unspecified atom stereocenters. The molecule has 17 heteroatoms. The van der Waals surface area contributed by atoms with E-state index in [1.54, 1.807) is 32.0 Å². The van der Waals surface area contributed by atoms with Crippen LogP contribution in [0.3, 0.4) is 0 Å². The van der Waals surface area contributed by atoms with Crippen molar-refractivity contribution in [2.24, 2.45) is 5.92 Å². The summed E-state index contributed by atoms with van der Waals surface area (Å²) in [6.07, 6.45) is -6.23. The number of aliphatic carboxylic acids is 1. The molecule has 14 nitrogen and oxygen atoms in total. The van der Waals surface area contributed by atoms with Crippen LogP contribution in [0.2, 0.25) is 0 Å². The van der Waals surface area contributed by atoms with Crippen molar-refractivity contribution in [3.05, 3.63) is 65.7 Å². The lowest BCUT2D eigenvalue weighted by molar-refractivity contribution is -0.173. The molecule has 0 saturated heterocycles. The summed E-state index contributed by atoms with van der Waals surface area (Å²) in [5, 5.41) is 30.4. The average Bonchev–Trinajstić information content (AvgIpc) is 3.04. The van der Waals surface area contributed by atoms with Crippen LogP contribution in [0.25, 0.3) is 0 Å². The van der Waals surface area contributed by atoms with Gasteiger partial charge in [0.2, 0.25) is 23.6 Å². The molecule has 5 amide bonds.